The maximum absolute atomic E-state index is 5.31. The summed E-state index contributed by atoms with van der Waals surface area (Å²) in [4.78, 5) is 11.0. The quantitative estimate of drug-likeness (QED) is 0.279. The Bertz CT molecular complexity index is 1280. The van der Waals surface area contributed by atoms with Crippen molar-refractivity contribution >= 4 is 5.69 Å². The van der Waals surface area contributed by atoms with Gasteiger partial charge < -0.3 is 14.4 Å². The van der Waals surface area contributed by atoms with Crippen molar-refractivity contribution < 1.29 is 9.47 Å². The Labute approximate surface area is 221 Å². The molecule has 0 radical (unpaired) electrons. The summed E-state index contributed by atoms with van der Waals surface area (Å²) < 4.78 is 10.5. The van der Waals surface area contributed by atoms with Gasteiger partial charge in [-0.25, -0.2) is 0 Å². The molecule has 1 aliphatic rings. The topological polar surface area (TPSA) is 47.5 Å². The summed E-state index contributed by atoms with van der Waals surface area (Å²) in [6, 6.07) is 19.1. The first-order valence-corrected chi connectivity index (χ1v) is 13.0. The normalized spacial score (nSPS) is 12.9. The van der Waals surface area contributed by atoms with Crippen molar-refractivity contribution in [3.05, 3.63) is 90.5 Å². The van der Waals surface area contributed by atoms with Crippen LogP contribution in [0.15, 0.2) is 79.4 Å². The van der Waals surface area contributed by atoms with E-state index in [4.69, 9.17) is 9.47 Å². The largest absolute Gasteiger partial charge is 0.493 e. The first-order valence-electron chi connectivity index (χ1n) is 13.0. The molecule has 0 amide bonds. The zero-order chi connectivity index (χ0) is 26.0. The standard InChI is InChI=1S/C17H20N2.C15H17NO2/c1-14-11-16(13-18-12-14)15-5-7-17(8-6-15)19-9-3-2-4-10-19;1-4-11-7-13(10-16-9-11)12-5-6-14(17-2)15(8-12)18-3/h5-8,11-13H,2-4,9-10H2,1H3;5-10H,4H2,1-3H3. The number of hydrogen-bond donors (Lipinski definition) is 0. The van der Waals surface area contributed by atoms with Crippen LogP contribution in [0.5, 0.6) is 11.5 Å². The number of aromatic nitrogens is 2. The second-order valence-electron chi connectivity index (χ2n) is 9.35. The maximum atomic E-state index is 5.31. The lowest BCUT2D eigenvalue weighted by molar-refractivity contribution is 0.355. The van der Waals surface area contributed by atoms with Gasteiger partial charge in [0.1, 0.15) is 0 Å². The number of aryl methyl sites for hydroxylation is 2. The van der Waals surface area contributed by atoms with E-state index in [-0.39, 0.29) is 0 Å². The van der Waals surface area contributed by atoms with E-state index in [2.05, 4.69) is 65.1 Å². The van der Waals surface area contributed by atoms with E-state index < -0.39 is 0 Å². The van der Waals surface area contributed by atoms with E-state index in [1.165, 1.54) is 60.3 Å². The lowest BCUT2D eigenvalue weighted by atomic mass is 10.0. The van der Waals surface area contributed by atoms with E-state index in [0.717, 1.165) is 29.0 Å². The molecule has 37 heavy (non-hydrogen) atoms. The monoisotopic (exact) mass is 495 g/mol. The van der Waals surface area contributed by atoms with Crippen LogP contribution in [0.2, 0.25) is 0 Å². The number of piperidine rings is 1. The van der Waals surface area contributed by atoms with Gasteiger partial charge in [0.2, 0.25) is 0 Å². The number of anilines is 1. The summed E-state index contributed by atoms with van der Waals surface area (Å²) in [6.45, 7) is 6.60. The van der Waals surface area contributed by atoms with Gasteiger partial charge in [0, 0.05) is 54.7 Å². The van der Waals surface area contributed by atoms with Gasteiger partial charge in [0.05, 0.1) is 14.2 Å². The first-order chi connectivity index (χ1) is 18.1. The van der Waals surface area contributed by atoms with Gasteiger partial charge in [-0.15, -0.1) is 0 Å². The number of pyridine rings is 2. The number of benzene rings is 2. The maximum Gasteiger partial charge on any atom is 0.161 e. The summed E-state index contributed by atoms with van der Waals surface area (Å²) in [5.41, 5.74) is 8.40. The molecule has 4 aromatic rings. The summed E-state index contributed by atoms with van der Waals surface area (Å²) >= 11 is 0. The minimum absolute atomic E-state index is 0.733. The number of ether oxygens (including phenoxy) is 2. The molecule has 5 heteroatoms. The smallest absolute Gasteiger partial charge is 0.161 e. The Kier molecular flexibility index (Phi) is 9.14. The van der Waals surface area contributed by atoms with E-state index >= 15 is 0 Å². The Hall–Kier alpha value is -3.86. The van der Waals surface area contributed by atoms with Crippen molar-refractivity contribution in [2.24, 2.45) is 0 Å². The third kappa shape index (κ3) is 6.88. The molecule has 2 aromatic carbocycles. The third-order valence-electron chi connectivity index (χ3n) is 6.72. The molecule has 0 atom stereocenters. The van der Waals surface area contributed by atoms with Crippen molar-refractivity contribution in [1.29, 1.82) is 0 Å². The highest BCUT2D eigenvalue weighted by molar-refractivity contribution is 5.67. The Morgan fingerprint density at radius 2 is 1.32 bits per heavy atom. The molecule has 0 bridgehead atoms. The lowest BCUT2D eigenvalue weighted by Crippen LogP contribution is -2.29. The second kappa shape index (κ2) is 12.9. The Morgan fingerprint density at radius 1 is 0.676 bits per heavy atom. The van der Waals surface area contributed by atoms with E-state index in [1.54, 1.807) is 14.2 Å². The molecule has 2 aromatic heterocycles. The Balaban J connectivity index is 0.000000173. The van der Waals surface area contributed by atoms with Crippen LogP contribution in [-0.2, 0) is 6.42 Å². The minimum atomic E-state index is 0.733. The number of rotatable bonds is 6. The van der Waals surface area contributed by atoms with Crippen molar-refractivity contribution in [3.63, 3.8) is 0 Å². The van der Waals surface area contributed by atoms with Gasteiger partial charge in [0.25, 0.3) is 0 Å². The third-order valence-corrected chi connectivity index (χ3v) is 6.72. The van der Waals surface area contributed by atoms with E-state index in [0.29, 0.717) is 0 Å². The summed E-state index contributed by atoms with van der Waals surface area (Å²) in [5.74, 6) is 1.47. The highest BCUT2D eigenvalue weighted by Gasteiger charge is 2.11. The van der Waals surface area contributed by atoms with Gasteiger partial charge in [-0.3, -0.25) is 9.97 Å². The zero-order valence-electron chi connectivity index (χ0n) is 22.4. The van der Waals surface area contributed by atoms with Gasteiger partial charge in [-0.2, -0.15) is 0 Å². The fraction of sp³-hybridized carbons (Fsp3) is 0.312. The molecule has 1 fully saturated rings. The molecule has 0 unspecified atom stereocenters. The zero-order valence-corrected chi connectivity index (χ0v) is 22.4. The van der Waals surface area contributed by atoms with E-state index in [9.17, 15) is 0 Å². The van der Waals surface area contributed by atoms with Gasteiger partial charge in [0.15, 0.2) is 11.5 Å². The van der Waals surface area contributed by atoms with Crippen molar-refractivity contribution in [3.8, 4) is 33.8 Å². The number of methoxy groups -OCH3 is 2. The van der Waals surface area contributed by atoms with Gasteiger partial charge in [-0.05, 0) is 91.3 Å². The van der Waals surface area contributed by atoms with Crippen LogP contribution in [-0.4, -0.2) is 37.3 Å². The molecule has 3 heterocycles. The van der Waals surface area contributed by atoms with Crippen LogP contribution in [0.3, 0.4) is 0 Å². The molecule has 0 spiro atoms. The van der Waals surface area contributed by atoms with Gasteiger partial charge in [-0.1, -0.05) is 25.1 Å². The molecule has 5 rings (SSSR count). The first kappa shape index (κ1) is 26.2. The van der Waals surface area contributed by atoms with Crippen LogP contribution in [0, 0.1) is 6.92 Å². The summed E-state index contributed by atoms with van der Waals surface area (Å²) in [5, 5.41) is 0. The summed E-state index contributed by atoms with van der Waals surface area (Å²) in [7, 11) is 3.28. The van der Waals surface area contributed by atoms with Gasteiger partial charge >= 0.3 is 0 Å². The average molecular weight is 496 g/mol. The van der Waals surface area contributed by atoms with Crippen LogP contribution >= 0.6 is 0 Å². The molecule has 1 aliphatic heterocycles. The van der Waals surface area contributed by atoms with E-state index in [1.807, 2.05) is 43.0 Å². The lowest BCUT2D eigenvalue weighted by Gasteiger charge is -2.28. The Morgan fingerprint density at radius 3 is 1.97 bits per heavy atom. The molecule has 0 aliphatic carbocycles. The van der Waals surface area contributed by atoms with Crippen LogP contribution in [0.1, 0.15) is 37.3 Å². The van der Waals surface area contributed by atoms with Crippen LogP contribution in [0.25, 0.3) is 22.3 Å². The minimum Gasteiger partial charge on any atom is -0.493 e. The predicted octanol–water partition coefficient (Wildman–Crippen LogP) is 7.38. The fourth-order valence-corrected chi connectivity index (χ4v) is 4.58. The van der Waals surface area contributed by atoms with Crippen molar-refractivity contribution in [1.82, 2.24) is 9.97 Å². The molecular weight excluding hydrogens is 458 g/mol. The molecule has 0 N–H and O–H groups in total. The molecule has 0 saturated carbocycles. The number of nitrogens with zero attached hydrogens (tertiary/aromatic N) is 3. The highest BCUT2D eigenvalue weighted by atomic mass is 16.5. The molecular formula is C32H37N3O2. The average Bonchev–Trinajstić information content (AvgIpc) is 2.97. The highest BCUT2D eigenvalue weighted by Crippen LogP contribution is 2.32. The summed E-state index contributed by atoms with van der Waals surface area (Å²) in [6.07, 6.45) is 12.6. The van der Waals surface area contributed by atoms with Crippen molar-refractivity contribution in [2.75, 3.05) is 32.2 Å². The molecule has 192 valence electrons. The second-order valence-corrected chi connectivity index (χ2v) is 9.35. The van der Waals surface area contributed by atoms with Crippen LogP contribution < -0.4 is 14.4 Å². The van der Waals surface area contributed by atoms with Crippen LogP contribution in [0.4, 0.5) is 5.69 Å². The van der Waals surface area contributed by atoms with Crippen molar-refractivity contribution in [2.45, 2.75) is 39.5 Å². The molecule has 1 saturated heterocycles. The number of hydrogen-bond acceptors (Lipinski definition) is 5. The fourth-order valence-electron chi connectivity index (χ4n) is 4.58. The SMILES string of the molecule is CCc1cncc(-c2ccc(OC)c(OC)c2)c1.Cc1cncc(-c2ccc(N3CCCCC3)cc2)c1. The molecule has 5 nitrogen and oxygen atoms in total. The predicted molar refractivity (Wildman–Crippen MR) is 153 cm³/mol.